The molecule has 1 saturated heterocycles. The van der Waals surface area contributed by atoms with Crippen LogP contribution in [0.2, 0.25) is 0 Å². The van der Waals surface area contributed by atoms with E-state index in [0.29, 0.717) is 25.3 Å². The van der Waals surface area contributed by atoms with E-state index in [4.69, 9.17) is 4.74 Å². The molecule has 2 aliphatic rings. The van der Waals surface area contributed by atoms with Crippen LogP contribution in [0.3, 0.4) is 0 Å². The van der Waals surface area contributed by atoms with E-state index >= 15 is 0 Å². The maximum absolute atomic E-state index is 13.0. The minimum atomic E-state index is 0.0567. The summed E-state index contributed by atoms with van der Waals surface area (Å²) in [7, 11) is 0. The molecular formula is C21H25N3O2. The highest BCUT2D eigenvalue weighted by Gasteiger charge is 2.38. The molecule has 136 valence electrons. The number of hydrogen-bond acceptors (Lipinski definition) is 4. The lowest BCUT2D eigenvalue weighted by molar-refractivity contribution is 0.0738. The van der Waals surface area contributed by atoms with Gasteiger partial charge >= 0.3 is 0 Å². The predicted octanol–water partition coefficient (Wildman–Crippen LogP) is 3.07. The highest BCUT2D eigenvalue weighted by atomic mass is 16.5. The fourth-order valence-electron chi connectivity index (χ4n) is 3.69. The number of amides is 1. The van der Waals surface area contributed by atoms with E-state index in [2.05, 4.69) is 16.0 Å². The molecule has 2 fully saturated rings. The van der Waals surface area contributed by atoms with Crippen LogP contribution in [-0.4, -0.2) is 47.1 Å². The highest BCUT2D eigenvalue weighted by Crippen LogP contribution is 2.34. The van der Waals surface area contributed by atoms with Crippen molar-refractivity contribution in [2.45, 2.75) is 25.7 Å². The average molecular weight is 351 g/mol. The molecule has 4 rings (SSSR count). The fourth-order valence-corrected chi connectivity index (χ4v) is 3.69. The number of carbonyl (C=O) groups is 1. The Morgan fingerprint density at radius 3 is 2.69 bits per heavy atom. The van der Waals surface area contributed by atoms with Gasteiger partial charge in [-0.3, -0.25) is 14.8 Å². The highest BCUT2D eigenvalue weighted by molar-refractivity contribution is 5.95. The zero-order chi connectivity index (χ0) is 17.9. The molecule has 2 atom stereocenters. The van der Waals surface area contributed by atoms with Gasteiger partial charge in [0.2, 0.25) is 0 Å². The first-order valence-corrected chi connectivity index (χ1v) is 9.42. The zero-order valence-corrected chi connectivity index (χ0v) is 15.2. The molecule has 0 N–H and O–H groups in total. The van der Waals surface area contributed by atoms with Gasteiger partial charge in [0.05, 0.1) is 12.2 Å². The summed E-state index contributed by atoms with van der Waals surface area (Å²) in [6.45, 7) is 4.81. The first-order chi connectivity index (χ1) is 12.7. The number of ether oxygens (including phenoxy) is 1. The van der Waals surface area contributed by atoms with Gasteiger partial charge in [0.25, 0.3) is 5.91 Å². The maximum Gasteiger partial charge on any atom is 0.255 e. The Labute approximate surface area is 154 Å². The fraction of sp³-hybridized carbons (Fsp3) is 0.476. The Morgan fingerprint density at radius 1 is 1.12 bits per heavy atom. The van der Waals surface area contributed by atoms with E-state index in [1.165, 1.54) is 12.8 Å². The standard InChI is InChI=1S/C21H25N3O2/c1-15-18(5-4-10-22-15)21(25)24-11-17(14-26-13-16-7-8-16)19(12-24)20-6-2-3-9-23-20/h2-6,9-10,16-17,19H,7-8,11-14H2,1H3/t17-,19+/m0/s1. The van der Waals surface area contributed by atoms with Gasteiger partial charge in [0.1, 0.15) is 0 Å². The number of rotatable bonds is 6. The van der Waals surface area contributed by atoms with Crippen LogP contribution in [0.4, 0.5) is 0 Å². The summed E-state index contributed by atoms with van der Waals surface area (Å²) in [6, 6.07) is 9.68. The first-order valence-electron chi connectivity index (χ1n) is 9.42. The first kappa shape index (κ1) is 17.2. The second-order valence-electron chi connectivity index (χ2n) is 7.45. The van der Waals surface area contributed by atoms with Crippen molar-refractivity contribution in [1.29, 1.82) is 0 Å². The Balaban J connectivity index is 1.50. The average Bonchev–Trinajstić information content (AvgIpc) is 3.39. The van der Waals surface area contributed by atoms with Crippen molar-refractivity contribution in [2.75, 3.05) is 26.3 Å². The molecule has 1 saturated carbocycles. The Morgan fingerprint density at radius 2 is 1.96 bits per heavy atom. The van der Waals surface area contributed by atoms with Crippen LogP contribution in [0.25, 0.3) is 0 Å². The van der Waals surface area contributed by atoms with Crippen molar-refractivity contribution >= 4 is 5.91 Å². The number of aromatic nitrogens is 2. The summed E-state index contributed by atoms with van der Waals surface area (Å²) in [5.41, 5.74) is 2.51. The van der Waals surface area contributed by atoms with Crippen LogP contribution in [0.15, 0.2) is 42.7 Å². The number of nitrogens with zero attached hydrogens (tertiary/aromatic N) is 3. The minimum absolute atomic E-state index is 0.0567. The Hall–Kier alpha value is -2.27. The van der Waals surface area contributed by atoms with Gasteiger partial charge in [-0.05, 0) is 49.9 Å². The molecule has 0 unspecified atom stereocenters. The zero-order valence-electron chi connectivity index (χ0n) is 15.2. The van der Waals surface area contributed by atoms with Crippen LogP contribution in [0.5, 0.6) is 0 Å². The van der Waals surface area contributed by atoms with Gasteiger partial charge < -0.3 is 9.64 Å². The topological polar surface area (TPSA) is 55.3 Å². The molecule has 26 heavy (non-hydrogen) atoms. The minimum Gasteiger partial charge on any atom is -0.381 e. The van der Waals surface area contributed by atoms with Crippen molar-refractivity contribution in [3.63, 3.8) is 0 Å². The van der Waals surface area contributed by atoms with Crippen LogP contribution < -0.4 is 0 Å². The normalized spacial score (nSPS) is 22.6. The molecule has 0 bridgehead atoms. The third kappa shape index (κ3) is 3.78. The summed E-state index contributed by atoms with van der Waals surface area (Å²) < 4.78 is 5.97. The van der Waals surface area contributed by atoms with Crippen LogP contribution in [0.1, 0.15) is 40.5 Å². The van der Waals surface area contributed by atoms with Crippen LogP contribution >= 0.6 is 0 Å². The van der Waals surface area contributed by atoms with Gasteiger partial charge in [0, 0.05) is 55.3 Å². The number of pyridine rings is 2. The molecule has 3 heterocycles. The third-order valence-corrected chi connectivity index (χ3v) is 5.42. The van der Waals surface area contributed by atoms with Crippen molar-refractivity contribution < 1.29 is 9.53 Å². The molecule has 1 aliphatic carbocycles. The number of aryl methyl sites for hydroxylation is 1. The second kappa shape index (κ2) is 7.54. The molecule has 0 radical (unpaired) electrons. The molecule has 2 aromatic heterocycles. The van der Waals surface area contributed by atoms with Gasteiger partial charge in [0.15, 0.2) is 0 Å². The SMILES string of the molecule is Cc1ncccc1C(=O)N1C[C@@H](COCC2CC2)[C@H](c2ccccn2)C1. The predicted molar refractivity (Wildman–Crippen MR) is 98.9 cm³/mol. The van der Waals surface area contributed by atoms with E-state index in [0.717, 1.165) is 23.9 Å². The molecule has 2 aromatic rings. The summed E-state index contributed by atoms with van der Waals surface area (Å²) >= 11 is 0. The molecule has 5 heteroatoms. The smallest absolute Gasteiger partial charge is 0.255 e. The Bertz CT molecular complexity index is 761. The monoisotopic (exact) mass is 351 g/mol. The summed E-state index contributed by atoms with van der Waals surface area (Å²) in [5, 5.41) is 0. The molecular weight excluding hydrogens is 326 g/mol. The number of carbonyl (C=O) groups excluding carboxylic acids is 1. The van der Waals surface area contributed by atoms with Gasteiger partial charge in [-0.1, -0.05) is 6.07 Å². The summed E-state index contributed by atoms with van der Waals surface area (Å²) in [5.74, 6) is 1.31. The maximum atomic E-state index is 13.0. The molecule has 1 aliphatic heterocycles. The molecule has 1 amide bonds. The van der Waals surface area contributed by atoms with Crippen LogP contribution in [0, 0.1) is 18.8 Å². The van der Waals surface area contributed by atoms with E-state index in [1.807, 2.05) is 42.3 Å². The lowest BCUT2D eigenvalue weighted by atomic mass is 9.93. The van der Waals surface area contributed by atoms with E-state index < -0.39 is 0 Å². The van der Waals surface area contributed by atoms with Crippen molar-refractivity contribution in [3.05, 3.63) is 59.7 Å². The lowest BCUT2D eigenvalue weighted by Crippen LogP contribution is -2.30. The molecule has 0 aromatic carbocycles. The van der Waals surface area contributed by atoms with Crippen molar-refractivity contribution in [2.24, 2.45) is 11.8 Å². The molecule has 5 nitrogen and oxygen atoms in total. The lowest BCUT2D eigenvalue weighted by Gasteiger charge is -2.17. The van der Waals surface area contributed by atoms with Crippen LogP contribution in [-0.2, 0) is 4.74 Å². The van der Waals surface area contributed by atoms with E-state index in [9.17, 15) is 4.79 Å². The van der Waals surface area contributed by atoms with E-state index in [1.54, 1.807) is 6.20 Å². The van der Waals surface area contributed by atoms with Crippen molar-refractivity contribution in [1.82, 2.24) is 14.9 Å². The number of hydrogen-bond donors (Lipinski definition) is 0. The summed E-state index contributed by atoms with van der Waals surface area (Å²) in [4.78, 5) is 23.7. The number of likely N-dealkylation sites (tertiary alicyclic amines) is 1. The molecule has 0 spiro atoms. The van der Waals surface area contributed by atoms with Gasteiger partial charge in [-0.2, -0.15) is 0 Å². The van der Waals surface area contributed by atoms with Gasteiger partial charge in [-0.25, -0.2) is 0 Å². The largest absolute Gasteiger partial charge is 0.381 e. The van der Waals surface area contributed by atoms with Crippen molar-refractivity contribution in [3.8, 4) is 0 Å². The third-order valence-electron chi connectivity index (χ3n) is 5.42. The van der Waals surface area contributed by atoms with Gasteiger partial charge in [-0.15, -0.1) is 0 Å². The second-order valence-corrected chi connectivity index (χ2v) is 7.45. The Kier molecular flexibility index (Phi) is 4.98. The quantitative estimate of drug-likeness (QED) is 0.803. The van der Waals surface area contributed by atoms with E-state index in [-0.39, 0.29) is 17.7 Å². The summed E-state index contributed by atoms with van der Waals surface area (Å²) in [6.07, 6.45) is 6.13.